The van der Waals surface area contributed by atoms with Gasteiger partial charge >= 0.3 is 0 Å². The average Bonchev–Trinajstić information content (AvgIpc) is 3.24. The number of thioether (sulfide) groups is 1. The molecule has 0 saturated carbocycles. The van der Waals surface area contributed by atoms with Crippen molar-refractivity contribution in [2.75, 3.05) is 0 Å². The number of unbranched alkanes of at least 4 members (excludes halogenated alkanes) is 4. The molecule has 1 amide bonds. The van der Waals surface area contributed by atoms with Crippen molar-refractivity contribution < 1.29 is 9.53 Å². The number of amidine groups is 2. The molecule has 2 aromatic rings. The van der Waals surface area contributed by atoms with Crippen molar-refractivity contribution in [1.82, 2.24) is 5.01 Å². The Labute approximate surface area is 209 Å². The largest absolute Gasteiger partial charge is 0.489 e. The van der Waals surface area contributed by atoms with E-state index in [9.17, 15) is 4.79 Å². The molecule has 6 nitrogen and oxygen atoms in total. The number of amides is 1. The van der Waals surface area contributed by atoms with Crippen LogP contribution in [0, 0.1) is 5.41 Å². The van der Waals surface area contributed by atoms with Crippen molar-refractivity contribution >= 4 is 51.4 Å². The van der Waals surface area contributed by atoms with Gasteiger partial charge in [0.25, 0.3) is 5.91 Å². The van der Waals surface area contributed by atoms with E-state index in [0.717, 1.165) is 35.4 Å². The third-order valence-corrected chi connectivity index (χ3v) is 6.85. The summed E-state index contributed by atoms with van der Waals surface area (Å²) in [7, 11) is 0. The highest BCUT2D eigenvalue weighted by atomic mass is 35.5. The number of nitrogens with one attached hydrogen (secondary N) is 1. The molecule has 0 aromatic heterocycles. The van der Waals surface area contributed by atoms with E-state index in [1.165, 1.54) is 36.0 Å². The number of rotatable bonds is 10. The van der Waals surface area contributed by atoms with Crippen LogP contribution in [0.4, 0.5) is 0 Å². The average molecular weight is 495 g/mol. The molecule has 8 heteroatoms. The van der Waals surface area contributed by atoms with E-state index in [2.05, 4.69) is 17.0 Å². The molecule has 2 aliphatic heterocycles. The fourth-order valence-electron chi connectivity index (χ4n) is 3.65. The monoisotopic (exact) mass is 494 g/mol. The second kappa shape index (κ2) is 11.5. The summed E-state index contributed by atoms with van der Waals surface area (Å²) in [4.78, 5) is 16.9. The van der Waals surface area contributed by atoms with Crippen LogP contribution in [-0.4, -0.2) is 27.0 Å². The van der Waals surface area contributed by atoms with Gasteiger partial charge in [-0.25, -0.2) is 0 Å². The van der Waals surface area contributed by atoms with Crippen molar-refractivity contribution in [3.63, 3.8) is 0 Å². The lowest BCUT2D eigenvalue weighted by molar-refractivity contribution is -0.114. The number of nitrogens with zero attached hydrogens (tertiary/aromatic N) is 3. The van der Waals surface area contributed by atoms with E-state index < -0.39 is 5.91 Å². The van der Waals surface area contributed by atoms with Crippen LogP contribution in [0.2, 0.25) is 5.02 Å². The first kappa shape index (κ1) is 24.2. The Bertz CT molecular complexity index is 1170. The molecule has 2 aliphatic rings. The molecular formula is C26H27ClN4O2S. The predicted octanol–water partition coefficient (Wildman–Crippen LogP) is 6.90. The van der Waals surface area contributed by atoms with E-state index in [-0.39, 0.29) is 11.4 Å². The van der Waals surface area contributed by atoms with Crippen LogP contribution in [-0.2, 0) is 11.4 Å². The van der Waals surface area contributed by atoms with Gasteiger partial charge in [-0.15, -0.1) is 0 Å². The van der Waals surface area contributed by atoms with E-state index >= 15 is 0 Å². The Morgan fingerprint density at radius 3 is 2.76 bits per heavy atom. The molecule has 0 unspecified atom stereocenters. The van der Waals surface area contributed by atoms with Crippen molar-refractivity contribution in [3.05, 3.63) is 70.3 Å². The fourth-order valence-corrected chi connectivity index (χ4v) is 4.77. The second-order valence-corrected chi connectivity index (χ2v) is 9.58. The Morgan fingerprint density at radius 2 is 1.94 bits per heavy atom. The zero-order chi connectivity index (χ0) is 23.9. The highest BCUT2D eigenvalue weighted by Crippen LogP contribution is 2.30. The number of carbonyl (C=O) groups is 1. The molecule has 4 rings (SSSR count). The van der Waals surface area contributed by atoms with Crippen LogP contribution in [0.5, 0.6) is 5.75 Å². The quantitative estimate of drug-likeness (QED) is 0.288. The van der Waals surface area contributed by atoms with Crippen LogP contribution in [0.25, 0.3) is 6.08 Å². The number of ether oxygens (including phenoxy) is 1. The summed E-state index contributed by atoms with van der Waals surface area (Å²) in [6.07, 6.45) is 8.41. The number of hydrogen-bond acceptors (Lipinski definition) is 5. The first-order valence-electron chi connectivity index (χ1n) is 11.5. The highest BCUT2D eigenvalue weighted by Gasteiger charge is 2.35. The van der Waals surface area contributed by atoms with Crippen LogP contribution >= 0.6 is 23.4 Å². The Kier molecular flexibility index (Phi) is 8.19. The highest BCUT2D eigenvalue weighted by molar-refractivity contribution is 8.26. The summed E-state index contributed by atoms with van der Waals surface area (Å²) in [5.41, 5.74) is 1.85. The van der Waals surface area contributed by atoms with Crippen molar-refractivity contribution in [2.45, 2.75) is 52.1 Å². The number of hydrazone groups is 1. The molecule has 0 aliphatic carbocycles. The summed E-state index contributed by atoms with van der Waals surface area (Å²) in [6.45, 7) is 2.54. The van der Waals surface area contributed by atoms with E-state index in [1.54, 1.807) is 6.08 Å². The minimum Gasteiger partial charge on any atom is -0.489 e. The Morgan fingerprint density at radius 1 is 1.12 bits per heavy atom. The summed E-state index contributed by atoms with van der Waals surface area (Å²) < 4.78 is 5.89. The molecule has 1 N–H and O–H groups in total. The third kappa shape index (κ3) is 5.96. The lowest BCUT2D eigenvalue weighted by Gasteiger charge is -2.20. The van der Waals surface area contributed by atoms with Gasteiger partial charge in [0, 0.05) is 10.6 Å². The zero-order valence-electron chi connectivity index (χ0n) is 19.1. The molecule has 0 radical (unpaired) electrons. The van der Waals surface area contributed by atoms with Gasteiger partial charge in [-0.05, 0) is 54.4 Å². The van der Waals surface area contributed by atoms with Crippen LogP contribution in [0.15, 0.2) is 64.2 Å². The maximum Gasteiger partial charge on any atom is 0.283 e. The van der Waals surface area contributed by atoms with Gasteiger partial charge in [0.05, 0.1) is 5.57 Å². The van der Waals surface area contributed by atoms with Gasteiger partial charge in [0.2, 0.25) is 5.17 Å². The zero-order valence-corrected chi connectivity index (χ0v) is 20.7. The second-order valence-electron chi connectivity index (χ2n) is 8.13. The van der Waals surface area contributed by atoms with Gasteiger partial charge in [-0.1, -0.05) is 74.5 Å². The van der Waals surface area contributed by atoms with Gasteiger partial charge in [0.1, 0.15) is 17.4 Å². The number of halogens is 1. The van der Waals surface area contributed by atoms with Gasteiger partial charge in [-0.2, -0.15) is 15.1 Å². The molecule has 0 spiro atoms. The fraction of sp³-hybridized carbons (Fsp3) is 0.308. The van der Waals surface area contributed by atoms with Gasteiger partial charge < -0.3 is 4.74 Å². The van der Waals surface area contributed by atoms with E-state index in [4.69, 9.17) is 21.7 Å². The SMILES string of the molecule is CCCCCCCC1=NN2C(=N)/C(=C/c3cccc(OCc4ccccc4Cl)c3)C(=O)N=C2S1. The van der Waals surface area contributed by atoms with Crippen molar-refractivity contribution in [3.8, 4) is 5.75 Å². The summed E-state index contributed by atoms with van der Waals surface area (Å²) >= 11 is 7.59. The van der Waals surface area contributed by atoms with Gasteiger partial charge in [-0.3, -0.25) is 10.2 Å². The Hall–Kier alpha value is -2.90. The third-order valence-electron chi connectivity index (χ3n) is 5.51. The normalized spacial score (nSPS) is 16.5. The Balaban J connectivity index is 1.43. The molecule has 0 bridgehead atoms. The van der Waals surface area contributed by atoms with Crippen molar-refractivity contribution in [2.24, 2.45) is 10.1 Å². The van der Waals surface area contributed by atoms with Crippen LogP contribution in [0.1, 0.15) is 56.6 Å². The summed E-state index contributed by atoms with van der Waals surface area (Å²) in [6, 6.07) is 14.9. The molecule has 2 aromatic carbocycles. The number of carbonyl (C=O) groups excluding carboxylic acids is 1. The minimum atomic E-state index is -0.425. The first-order valence-corrected chi connectivity index (χ1v) is 12.7. The lowest BCUT2D eigenvalue weighted by Crippen LogP contribution is -2.35. The molecular weight excluding hydrogens is 468 g/mol. The molecule has 34 heavy (non-hydrogen) atoms. The van der Waals surface area contributed by atoms with Crippen molar-refractivity contribution in [1.29, 1.82) is 5.41 Å². The molecule has 0 atom stereocenters. The molecule has 0 fully saturated rings. The maximum atomic E-state index is 12.7. The standard InChI is InChI=1S/C26H27ClN4O2S/c1-2-3-4-5-6-14-23-30-31-24(28)21(25(32)29-26(31)34-23)16-18-10-9-12-20(15-18)33-17-19-11-7-8-13-22(19)27/h7-13,15-16,28H,2-6,14,17H2,1H3/b21-16-,28-24?. The number of hydrogen-bond donors (Lipinski definition) is 1. The topological polar surface area (TPSA) is 78.1 Å². The number of benzene rings is 2. The number of aliphatic imine (C=N–C) groups is 1. The van der Waals surface area contributed by atoms with E-state index in [0.29, 0.717) is 22.5 Å². The lowest BCUT2D eigenvalue weighted by atomic mass is 10.1. The summed E-state index contributed by atoms with van der Waals surface area (Å²) in [5.74, 6) is 0.268. The van der Waals surface area contributed by atoms with E-state index in [1.807, 2.05) is 48.5 Å². The number of fused-ring (bicyclic) bond motifs is 1. The van der Waals surface area contributed by atoms with Crippen LogP contribution < -0.4 is 4.74 Å². The maximum absolute atomic E-state index is 12.7. The van der Waals surface area contributed by atoms with Crippen LogP contribution in [0.3, 0.4) is 0 Å². The van der Waals surface area contributed by atoms with Gasteiger partial charge in [0.15, 0.2) is 5.84 Å². The summed E-state index contributed by atoms with van der Waals surface area (Å²) in [5, 5.41) is 16.6. The first-order chi connectivity index (χ1) is 16.5. The molecule has 176 valence electrons. The molecule has 0 saturated heterocycles. The minimum absolute atomic E-state index is 0.0471. The smallest absolute Gasteiger partial charge is 0.283 e. The molecule has 2 heterocycles. The predicted molar refractivity (Wildman–Crippen MR) is 141 cm³/mol.